The highest BCUT2D eigenvalue weighted by molar-refractivity contribution is 5.75. The lowest BCUT2D eigenvalue weighted by Crippen LogP contribution is -2.29. The van der Waals surface area contributed by atoms with Gasteiger partial charge in [0, 0.05) is 48.7 Å². The molecule has 2 aliphatic rings. The molecule has 3 aromatic heterocycles. The van der Waals surface area contributed by atoms with Crippen molar-refractivity contribution in [2.24, 2.45) is 0 Å². The van der Waals surface area contributed by atoms with Gasteiger partial charge in [0.1, 0.15) is 17.3 Å². The number of piperidine rings is 1. The summed E-state index contributed by atoms with van der Waals surface area (Å²) in [6, 6.07) is 11.2. The van der Waals surface area contributed by atoms with Crippen LogP contribution in [0.1, 0.15) is 30.4 Å². The lowest BCUT2D eigenvalue weighted by atomic mass is 9.96. The average Bonchev–Trinajstić information content (AvgIpc) is 3.28. The highest BCUT2D eigenvalue weighted by atomic mass is 19.1. The Morgan fingerprint density at radius 2 is 1.88 bits per heavy atom. The Morgan fingerprint density at radius 3 is 2.73 bits per heavy atom. The first kappa shape index (κ1) is 20.1. The predicted molar refractivity (Wildman–Crippen MR) is 126 cm³/mol. The molecule has 0 amide bonds. The van der Waals surface area contributed by atoms with Gasteiger partial charge in [0.2, 0.25) is 0 Å². The minimum atomic E-state index is -0.296. The van der Waals surface area contributed by atoms with E-state index in [4.69, 9.17) is 4.84 Å². The Kier molecular flexibility index (Phi) is 5.16. The number of hydroxylamine groups is 1. The summed E-state index contributed by atoms with van der Waals surface area (Å²) in [6.45, 7) is 3.20. The molecule has 168 valence electrons. The maximum atomic E-state index is 13.6. The molecule has 1 saturated heterocycles. The van der Waals surface area contributed by atoms with E-state index in [9.17, 15) is 4.39 Å². The smallest absolute Gasteiger partial charge is 0.140 e. The van der Waals surface area contributed by atoms with Gasteiger partial charge < -0.3 is 10.2 Å². The lowest BCUT2D eigenvalue weighted by molar-refractivity contribution is 0.0114. The summed E-state index contributed by atoms with van der Waals surface area (Å²) in [7, 11) is 0. The van der Waals surface area contributed by atoms with Gasteiger partial charge >= 0.3 is 0 Å². The Hall–Kier alpha value is -3.49. The molecule has 0 radical (unpaired) electrons. The largest absolute Gasteiger partial charge is 0.370 e. The third-order valence-corrected chi connectivity index (χ3v) is 6.48. The van der Waals surface area contributed by atoms with Gasteiger partial charge in [-0.3, -0.25) is 9.24 Å². The standard InChI is InChI=1S/C25H25FN6O/c26-17-8-11-32-23(15-28-25(32)12-17)19-5-6-22(21-16-33-29-14-20(19)21)30-24-7-4-18(13-27-24)31-9-2-1-3-10-31/h4-8,11-13,15,29H,1-3,9-10,14,16H2,(H,27,30). The molecule has 0 spiro atoms. The lowest BCUT2D eigenvalue weighted by Gasteiger charge is -2.28. The number of aromatic nitrogens is 3. The van der Waals surface area contributed by atoms with E-state index in [-0.39, 0.29) is 5.82 Å². The number of hydrogen-bond donors (Lipinski definition) is 2. The molecule has 5 heterocycles. The van der Waals surface area contributed by atoms with E-state index >= 15 is 0 Å². The van der Waals surface area contributed by atoms with Crippen LogP contribution in [0.15, 0.2) is 55.0 Å². The molecule has 0 atom stereocenters. The summed E-state index contributed by atoms with van der Waals surface area (Å²) in [6.07, 6.45) is 9.25. The molecule has 1 aromatic carbocycles. The van der Waals surface area contributed by atoms with Crippen molar-refractivity contribution in [2.75, 3.05) is 23.3 Å². The molecular formula is C25H25FN6O. The summed E-state index contributed by atoms with van der Waals surface area (Å²) in [5.41, 5.74) is 9.88. The second-order valence-electron chi connectivity index (χ2n) is 8.52. The molecule has 6 rings (SSSR count). The van der Waals surface area contributed by atoms with Crippen LogP contribution < -0.4 is 15.7 Å². The number of hydrogen-bond acceptors (Lipinski definition) is 6. The summed E-state index contributed by atoms with van der Waals surface area (Å²) in [5, 5.41) is 3.47. The third kappa shape index (κ3) is 3.81. The van der Waals surface area contributed by atoms with Crippen LogP contribution in [0.25, 0.3) is 16.9 Å². The molecule has 0 aliphatic carbocycles. The van der Waals surface area contributed by atoms with Crippen LogP contribution in [0.4, 0.5) is 21.6 Å². The minimum absolute atomic E-state index is 0.296. The van der Waals surface area contributed by atoms with E-state index in [0.29, 0.717) is 18.8 Å². The number of imidazole rings is 1. The van der Waals surface area contributed by atoms with Gasteiger partial charge in [0.15, 0.2) is 0 Å². The van der Waals surface area contributed by atoms with Gasteiger partial charge in [-0.1, -0.05) is 6.07 Å². The van der Waals surface area contributed by atoms with Crippen LogP contribution in [0.5, 0.6) is 0 Å². The van der Waals surface area contributed by atoms with Crippen LogP contribution in [0, 0.1) is 5.82 Å². The number of halogens is 1. The number of nitrogens with zero attached hydrogens (tertiary/aromatic N) is 4. The molecule has 1 fully saturated rings. The van der Waals surface area contributed by atoms with Crippen LogP contribution in [-0.4, -0.2) is 27.5 Å². The van der Waals surface area contributed by atoms with Crippen LogP contribution in [0.2, 0.25) is 0 Å². The van der Waals surface area contributed by atoms with Crippen LogP contribution >= 0.6 is 0 Å². The molecular weight excluding hydrogens is 419 g/mol. The SMILES string of the molecule is Fc1ccn2c(-c3ccc(Nc4ccc(N5CCCCC5)cn4)c4c3CNOC4)cnc2c1. The minimum Gasteiger partial charge on any atom is -0.370 e. The maximum absolute atomic E-state index is 13.6. The predicted octanol–water partition coefficient (Wildman–Crippen LogP) is 4.80. The average molecular weight is 445 g/mol. The van der Waals surface area contributed by atoms with Crippen molar-refractivity contribution in [3.05, 3.63) is 71.9 Å². The Balaban J connectivity index is 1.32. The van der Waals surface area contributed by atoms with Crippen molar-refractivity contribution in [2.45, 2.75) is 32.4 Å². The molecule has 0 unspecified atom stereocenters. The number of rotatable bonds is 4. The number of pyridine rings is 2. The van der Waals surface area contributed by atoms with Gasteiger partial charge in [-0.2, -0.15) is 5.48 Å². The first-order valence-corrected chi connectivity index (χ1v) is 11.4. The van der Waals surface area contributed by atoms with Gasteiger partial charge in [0.25, 0.3) is 0 Å². The van der Waals surface area contributed by atoms with Crippen LogP contribution in [-0.2, 0) is 18.0 Å². The second-order valence-corrected chi connectivity index (χ2v) is 8.52. The molecule has 0 saturated carbocycles. The van der Waals surface area contributed by atoms with Gasteiger partial charge in [-0.05, 0) is 49.1 Å². The van der Waals surface area contributed by atoms with E-state index in [0.717, 1.165) is 47.0 Å². The highest BCUT2D eigenvalue weighted by Crippen LogP contribution is 2.35. The molecule has 8 heteroatoms. The molecule has 33 heavy (non-hydrogen) atoms. The fourth-order valence-corrected chi connectivity index (χ4v) is 4.76. The molecule has 4 aromatic rings. The Labute approximate surface area is 191 Å². The van der Waals surface area contributed by atoms with E-state index in [2.05, 4.69) is 37.8 Å². The summed E-state index contributed by atoms with van der Waals surface area (Å²) >= 11 is 0. The zero-order valence-electron chi connectivity index (χ0n) is 18.2. The van der Waals surface area contributed by atoms with Gasteiger partial charge in [0.05, 0.1) is 30.4 Å². The van der Waals surface area contributed by atoms with Crippen molar-refractivity contribution in [3.8, 4) is 11.3 Å². The first-order valence-electron chi connectivity index (χ1n) is 11.4. The normalized spacial score (nSPS) is 16.1. The first-order chi connectivity index (χ1) is 16.3. The van der Waals surface area contributed by atoms with Crippen molar-refractivity contribution in [3.63, 3.8) is 0 Å². The zero-order chi connectivity index (χ0) is 22.2. The van der Waals surface area contributed by atoms with E-state index in [1.807, 2.05) is 22.7 Å². The molecule has 0 bridgehead atoms. The monoisotopic (exact) mass is 444 g/mol. The van der Waals surface area contributed by atoms with E-state index in [1.54, 1.807) is 12.4 Å². The molecule has 2 aliphatic heterocycles. The fraction of sp³-hybridized carbons (Fsp3) is 0.280. The maximum Gasteiger partial charge on any atom is 0.140 e. The summed E-state index contributed by atoms with van der Waals surface area (Å²) in [5.74, 6) is 0.504. The number of fused-ring (bicyclic) bond motifs is 2. The van der Waals surface area contributed by atoms with Gasteiger partial charge in [-0.25, -0.2) is 14.4 Å². The highest BCUT2D eigenvalue weighted by Gasteiger charge is 2.21. The Bertz CT molecular complexity index is 1300. The van der Waals surface area contributed by atoms with Crippen molar-refractivity contribution >= 4 is 22.8 Å². The topological polar surface area (TPSA) is 66.7 Å². The molecule has 7 nitrogen and oxygen atoms in total. The third-order valence-electron chi connectivity index (χ3n) is 6.48. The molecule has 2 N–H and O–H groups in total. The zero-order valence-corrected chi connectivity index (χ0v) is 18.2. The van der Waals surface area contributed by atoms with Crippen molar-refractivity contribution in [1.29, 1.82) is 0 Å². The van der Waals surface area contributed by atoms with E-state index in [1.165, 1.54) is 37.1 Å². The fourth-order valence-electron chi connectivity index (χ4n) is 4.76. The number of anilines is 3. The quantitative estimate of drug-likeness (QED) is 0.471. The Morgan fingerprint density at radius 1 is 0.970 bits per heavy atom. The number of benzene rings is 1. The summed E-state index contributed by atoms with van der Waals surface area (Å²) in [4.78, 5) is 17.0. The van der Waals surface area contributed by atoms with Crippen molar-refractivity contribution < 1.29 is 9.23 Å². The van der Waals surface area contributed by atoms with Crippen LogP contribution in [0.3, 0.4) is 0 Å². The number of nitrogens with one attached hydrogen (secondary N) is 2. The second kappa shape index (κ2) is 8.46. The summed E-state index contributed by atoms with van der Waals surface area (Å²) < 4.78 is 15.5. The van der Waals surface area contributed by atoms with Crippen molar-refractivity contribution in [1.82, 2.24) is 19.8 Å². The van der Waals surface area contributed by atoms with Gasteiger partial charge in [-0.15, -0.1) is 0 Å². The van der Waals surface area contributed by atoms with E-state index < -0.39 is 0 Å².